The fraction of sp³-hybridized carbons (Fsp3) is 0.635. The van der Waals surface area contributed by atoms with Crippen LogP contribution in [0.4, 0.5) is 5.69 Å². The van der Waals surface area contributed by atoms with Gasteiger partial charge in [0.1, 0.15) is 0 Å². The molecular weight excluding hydrogens is 835 g/mol. The lowest BCUT2D eigenvalue weighted by Gasteiger charge is -2.46. The van der Waals surface area contributed by atoms with Gasteiger partial charge in [-0.2, -0.15) is 0 Å². The molecular formula is C52H93NSi7. The predicted molar refractivity (Wildman–Crippen MR) is 296 cm³/mol. The van der Waals surface area contributed by atoms with E-state index in [4.69, 9.17) is 4.99 Å². The third-order valence-electron chi connectivity index (χ3n) is 12.9. The lowest BCUT2D eigenvalue weighted by atomic mass is 9.87. The highest BCUT2D eigenvalue weighted by Gasteiger charge is 2.47. The van der Waals surface area contributed by atoms with Crippen molar-refractivity contribution in [2.24, 2.45) is 4.99 Å². The fourth-order valence-corrected chi connectivity index (χ4v) is 53.7. The number of hydrogen-bond acceptors (Lipinski definition) is 1. The van der Waals surface area contributed by atoms with E-state index in [9.17, 15) is 0 Å². The Hall–Kier alpha value is -1.24. The molecule has 0 heterocycles. The molecule has 0 spiro atoms. The zero-order valence-electron chi connectivity index (χ0n) is 44.4. The van der Waals surface area contributed by atoms with Crippen molar-refractivity contribution in [2.75, 3.05) is 0 Å². The Morgan fingerprint density at radius 2 is 0.717 bits per heavy atom. The highest BCUT2D eigenvalue weighted by molar-refractivity contribution is 6.99. The molecule has 0 N–H and O–H groups in total. The van der Waals surface area contributed by atoms with Crippen molar-refractivity contribution in [3.8, 4) is 0 Å². The van der Waals surface area contributed by atoms with Gasteiger partial charge in [0, 0.05) is 48.4 Å². The van der Waals surface area contributed by atoms with E-state index < -0.39 is 56.9 Å². The third kappa shape index (κ3) is 12.3. The minimum atomic E-state index is -1.76. The van der Waals surface area contributed by atoms with E-state index in [0.29, 0.717) is 33.2 Å². The normalized spacial score (nSPS) is 13.8. The number of aliphatic imine (C=N–C) groups is 1. The van der Waals surface area contributed by atoms with Crippen molar-refractivity contribution >= 4 is 78.4 Å². The smallest absolute Gasteiger partial charge is 0.162 e. The van der Waals surface area contributed by atoms with Gasteiger partial charge in [-0.25, -0.2) is 4.99 Å². The number of benzene rings is 3. The number of nitrogens with zero attached hydrogens (tertiary/aromatic N) is 1. The Morgan fingerprint density at radius 3 is 1.00 bits per heavy atom. The summed E-state index contributed by atoms with van der Waals surface area (Å²) in [5, 5.41) is 5.14. The van der Waals surface area contributed by atoms with Crippen LogP contribution in [0.2, 0.25) is 118 Å². The largest absolute Gasteiger partial charge is 0.213 e. The van der Waals surface area contributed by atoms with Crippen LogP contribution in [0.3, 0.4) is 0 Å². The molecule has 0 radical (unpaired) electrons. The van der Waals surface area contributed by atoms with Crippen LogP contribution >= 0.6 is 0 Å². The lowest BCUT2D eigenvalue weighted by molar-refractivity contribution is 0.805. The summed E-state index contributed by atoms with van der Waals surface area (Å²) in [7, 11) is -12.0. The van der Waals surface area contributed by atoms with E-state index in [2.05, 4.69) is 222 Å². The highest BCUT2D eigenvalue weighted by Crippen LogP contribution is 2.44. The molecule has 0 saturated heterocycles. The first-order chi connectivity index (χ1) is 26.8. The molecule has 0 aliphatic heterocycles. The summed E-state index contributed by atoms with van der Waals surface area (Å²) in [6, 6.07) is 15.7. The van der Waals surface area contributed by atoms with Crippen molar-refractivity contribution in [3.05, 3.63) is 86.5 Å². The van der Waals surface area contributed by atoms with Gasteiger partial charge in [0.25, 0.3) is 0 Å². The molecule has 0 bridgehead atoms. The summed E-state index contributed by atoms with van der Waals surface area (Å²) < 4.78 is 0. The Balaban J connectivity index is 3.06. The van der Waals surface area contributed by atoms with Crippen LogP contribution in [-0.4, -0.2) is 62.3 Å². The third-order valence-corrected chi connectivity index (χ3v) is 43.5. The van der Waals surface area contributed by atoms with E-state index in [0.717, 1.165) is 0 Å². The first-order valence-corrected chi connectivity index (χ1v) is 46.6. The first kappa shape index (κ1) is 53.1. The lowest BCUT2D eigenvalue weighted by Crippen LogP contribution is -2.55. The number of aryl methyl sites for hydroxylation is 3. The molecule has 0 unspecified atom stereocenters. The summed E-state index contributed by atoms with van der Waals surface area (Å²) in [5.41, 5.74) is 19.1. The van der Waals surface area contributed by atoms with Gasteiger partial charge in [-0.1, -0.05) is 201 Å². The molecule has 0 aliphatic rings. The van der Waals surface area contributed by atoms with Gasteiger partial charge in [-0.15, -0.1) is 0 Å². The number of rotatable bonds is 15. The van der Waals surface area contributed by atoms with Gasteiger partial charge in [0.15, 0.2) is 8.41 Å². The van der Waals surface area contributed by atoms with Crippen molar-refractivity contribution in [3.63, 3.8) is 0 Å². The second kappa shape index (κ2) is 18.7. The molecule has 0 fully saturated rings. The van der Waals surface area contributed by atoms with Crippen molar-refractivity contribution in [1.82, 2.24) is 0 Å². The summed E-state index contributed by atoms with van der Waals surface area (Å²) in [5.74, 6) is 1.22. The standard InChI is InChI=1S/C52H93NSi7/c1-35(2)41-30-43(36(3)4)47(44(31-41)37(5)6)53-34-54(48-39(8)28-38(7)29-40(48)9)49-45(51(57(16,17)18)58(19,20)21)32-42(50(55(10,11)12)56(13,14)15)33-46(49)52(59(22,23)24)60(25,26)27/h28-33,35-37,50-52H,1-27H3. The molecule has 60 heavy (non-hydrogen) atoms. The second-order valence-corrected chi connectivity index (χ2v) is 62.0. The average Bonchev–Trinajstić information content (AvgIpc) is 2.97. The van der Waals surface area contributed by atoms with Gasteiger partial charge >= 0.3 is 0 Å². The van der Waals surface area contributed by atoms with E-state index >= 15 is 0 Å². The van der Waals surface area contributed by atoms with Crippen LogP contribution in [0.1, 0.15) is 125 Å². The van der Waals surface area contributed by atoms with Gasteiger partial charge in [-0.05, 0) is 114 Å². The van der Waals surface area contributed by atoms with Crippen LogP contribution in [0.5, 0.6) is 0 Å². The van der Waals surface area contributed by atoms with E-state index in [1.807, 2.05) is 0 Å². The van der Waals surface area contributed by atoms with Crippen LogP contribution in [0, 0.1) is 20.8 Å². The average molecular weight is 929 g/mol. The summed E-state index contributed by atoms with van der Waals surface area (Å²) in [6.07, 6.45) is 0. The monoisotopic (exact) mass is 928 g/mol. The van der Waals surface area contributed by atoms with E-state index in [-0.39, 0.29) is 0 Å². The zero-order valence-corrected chi connectivity index (χ0v) is 51.4. The van der Waals surface area contributed by atoms with E-state index in [1.54, 1.807) is 21.9 Å². The minimum Gasteiger partial charge on any atom is -0.213 e. The zero-order chi connectivity index (χ0) is 46.6. The Morgan fingerprint density at radius 1 is 0.400 bits per heavy atom. The van der Waals surface area contributed by atoms with Crippen molar-refractivity contribution in [2.45, 2.75) is 213 Å². The topological polar surface area (TPSA) is 12.4 Å². The van der Waals surface area contributed by atoms with Crippen molar-refractivity contribution < 1.29 is 0 Å². The summed E-state index contributed by atoms with van der Waals surface area (Å²) >= 11 is 0. The van der Waals surface area contributed by atoms with Crippen LogP contribution in [0.15, 0.2) is 41.4 Å². The summed E-state index contributed by atoms with van der Waals surface area (Å²) in [6.45, 7) is 69.6. The van der Waals surface area contributed by atoms with Gasteiger partial charge in [-0.3, -0.25) is 0 Å². The van der Waals surface area contributed by atoms with Crippen LogP contribution in [-0.2, 0) is 0 Å². The SMILES string of the molecule is Cc1cc(C)c([Si](=C=Nc2c(C(C)C)cc(C(C)C)cc2C(C)C)c2c(C([Si](C)(C)C)[Si](C)(C)C)cc(C([Si](C)(C)C)[Si](C)(C)C)cc2C([Si](C)(C)C)[Si](C)(C)C)c(C)c1. The second-order valence-electron chi connectivity index (χ2n) is 26.5. The van der Waals surface area contributed by atoms with E-state index in [1.165, 1.54) is 44.3 Å². The molecule has 334 valence electrons. The predicted octanol–water partition coefficient (Wildman–Crippen LogP) is 15.9. The quantitative estimate of drug-likeness (QED) is 0.106. The van der Waals surface area contributed by atoms with Crippen LogP contribution < -0.4 is 10.4 Å². The fourth-order valence-electron chi connectivity index (χ4n) is 12.4. The molecule has 0 aromatic heterocycles. The molecule has 1 nitrogen and oxygen atoms in total. The minimum absolute atomic E-state index is 0.372. The molecule has 3 aromatic rings. The maximum atomic E-state index is 5.85. The maximum Gasteiger partial charge on any atom is 0.162 e. The van der Waals surface area contributed by atoms with Crippen LogP contribution in [0.25, 0.3) is 0 Å². The van der Waals surface area contributed by atoms with Crippen molar-refractivity contribution in [1.29, 1.82) is 0 Å². The van der Waals surface area contributed by atoms with Gasteiger partial charge in [0.2, 0.25) is 0 Å². The highest BCUT2D eigenvalue weighted by atomic mass is 28.4. The van der Waals surface area contributed by atoms with Gasteiger partial charge in [0.05, 0.1) is 5.69 Å². The molecule has 0 amide bonds. The molecule has 3 aromatic carbocycles. The Bertz CT molecular complexity index is 1930. The molecule has 3 rings (SSSR count). The summed E-state index contributed by atoms with van der Waals surface area (Å²) in [4.78, 5) is 5.85. The maximum absolute atomic E-state index is 5.85. The Kier molecular flexibility index (Phi) is 16.5. The van der Waals surface area contributed by atoms with Gasteiger partial charge < -0.3 is 0 Å². The first-order valence-electron chi connectivity index (χ1n) is 23.6. The Labute approximate surface area is 380 Å². The molecule has 8 heteroatoms. The molecule has 0 aliphatic carbocycles. The molecule has 0 atom stereocenters. The number of hydrogen-bond donors (Lipinski definition) is 0. The molecule has 0 saturated carbocycles.